The zero-order valence-electron chi connectivity index (χ0n) is 14.5. The first kappa shape index (κ1) is 20.7. The molecule has 0 bridgehead atoms. The summed E-state index contributed by atoms with van der Waals surface area (Å²) in [5.41, 5.74) is 0.284. The van der Waals surface area contributed by atoms with E-state index in [1.165, 1.54) is 42.7 Å². The molecule has 1 aromatic carbocycles. The minimum absolute atomic E-state index is 0.0651. The highest BCUT2D eigenvalue weighted by molar-refractivity contribution is 7.75. The number of nitrogens with zero attached hydrogens (tertiary/aromatic N) is 1. The Balaban J connectivity index is 1.99. The molecule has 0 radical (unpaired) electrons. The van der Waals surface area contributed by atoms with Crippen LogP contribution in [0, 0.1) is 0 Å². The van der Waals surface area contributed by atoms with Crippen molar-refractivity contribution in [2.45, 2.75) is 17.8 Å². The van der Waals surface area contributed by atoms with E-state index in [0.29, 0.717) is 5.56 Å². The molecule has 1 aromatic heterocycles. The maximum Gasteiger partial charge on any atom is 0.511 e. The van der Waals surface area contributed by atoms with Crippen molar-refractivity contribution in [3.63, 3.8) is 0 Å². The summed E-state index contributed by atoms with van der Waals surface area (Å²) in [5.74, 6) is -0.224. The van der Waals surface area contributed by atoms with Gasteiger partial charge in [-0.1, -0.05) is 24.3 Å². The number of carbonyl (C=O) groups is 1. The standard InChI is InChI=1S/C16H17NO9P2/c1-27(21)16(20,9-11-5-4-8-17-10-11)28(22,23)26-14(25-27)12-6-2-3-7-13(12)24-15(18)19/h2-8,10,14,20H,9H2,1H3,(H,18,19)(H,22,23). The molecule has 3 rings (SSSR count). The van der Waals surface area contributed by atoms with Crippen molar-refractivity contribution < 1.29 is 42.8 Å². The normalized spacial score (nSPS) is 32.6. The zero-order valence-corrected chi connectivity index (χ0v) is 16.3. The maximum absolute atomic E-state index is 13.2. The zero-order chi connectivity index (χ0) is 20.6. The summed E-state index contributed by atoms with van der Waals surface area (Å²) in [5, 5.41) is 17.0. The summed E-state index contributed by atoms with van der Waals surface area (Å²) in [6, 6.07) is 8.63. The molecule has 3 N–H and O–H groups in total. The van der Waals surface area contributed by atoms with Gasteiger partial charge in [-0.2, -0.15) is 0 Å². The van der Waals surface area contributed by atoms with Crippen LogP contribution in [0.25, 0.3) is 0 Å². The number of hydrogen-bond donors (Lipinski definition) is 3. The molecule has 0 aliphatic carbocycles. The van der Waals surface area contributed by atoms with E-state index in [-0.39, 0.29) is 11.3 Å². The monoisotopic (exact) mass is 429 g/mol. The molecule has 4 atom stereocenters. The lowest BCUT2D eigenvalue weighted by atomic mass is 10.2. The summed E-state index contributed by atoms with van der Waals surface area (Å²) in [6.07, 6.45) is -0.983. The van der Waals surface area contributed by atoms with E-state index in [1.54, 1.807) is 6.07 Å². The smallest absolute Gasteiger partial charge is 0.449 e. The predicted octanol–water partition coefficient (Wildman–Crippen LogP) is 3.17. The van der Waals surface area contributed by atoms with Gasteiger partial charge in [0.25, 0.3) is 0 Å². The summed E-state index contributed by atoms with van der Waals surface area (Å²) in [4.78, 5) is 25.2. The lowest BCUT2D eigenvalue weighted by molar-refractivity contribution is -0.0449. The first-order valence-corrected chi connectivity index (χ1v) is 11.6. The van der Waals surface area contributed by atoms with Gasteiger partial charge in [0.15, 0.2) is 0 Å². The van der Waals surface area contributed by atoms with Crippen molar-refractivity contribution in [1.82, 2.24) is 4.98 Å². The van der Waals surface area contributed by atoms with Gasteiger partial charge in [0, 0.05) is 25.5 Å². The number of pyridine rings is 1. The number of rotatable bonds is 4. The van der Waals surface area contributed by atoms with Crippen LogP contribution in [0.3, 0.4) is 0 Å². The number of para-hydroxylation sites is 1. The van der Waals surface area contributed by atoms with Crippen molar-refractivity contribution in [2.24, 2.45) is 0 Å². The highest BCUT2D eigenvalue weighted by Gasteiger charge is 2.64. The SMILES string of the molecule is CP1(=O)OC(c2ccccc2OC(=O)O)OP(=O)(O)C1(O)Cc1cccnc1. The quantitative estimate of drug-likeness (QED) is 0.375. The maximum atomic E-state index is 13.2. The van der Waals surface area contributed by atoms with Gasteiger partial charge in [0.1, 0.15) is 5.75 Å². The molecule has 1 aliphatic heterocycles. The number of aromatic nitrogens is 1. The molecule has 0 saturated carbocycles. The van der Waals surface area contributed by atoms with Gasteiger partial charge in [-0.05, 0) is 17.7 Å². The molecule has 0 amide bonds. The Morgan fingerprint density at radius 1 is 1.25 bits per heavy atom. The van der Waals surface area contributed by atoms with E-state index in [1.807, 2.05) is 0 Å². The van der Waals surface area contributed by atoms with Crippen molar-refractivity contribution in [1.29, 1.82) is 0 Å². The summed E-state index contributed by atoms with van der Waals surface area (Å²) in [6.45, 7) is 1.02. The lowest BCUT2D eigenvalue weighted by Gasteiger charge is -2.43. The summed E-state index contributed by atoms with van der Waals surface area (Å²) < 4.78 is 41.1. The second kappa shape index (κ2) is 7.40. The fourth-order valence-electron chi connectivity index (χ4n) is 2.73. The van der Waals surface area contributed by atoms with Gasteiger partial charge < -0.3 is 19.8 Å². The Kier molecular flexibility index (Phi) is 5.46. The Morgan fingerprint density at radius 2 is 1.96 bits per heavy atom. The van der Waals surface area contributed by atoms with E-state index < -0.39 is 38.9 Å². The van der Waals surface area contributed by atoms with Crippen LogP contribution in [-0.2, 0) is 24.6 Å². The van der Waals surface area contributed by atoms with Crippen LogP contribution >= 0.6 is 15.0 Å². The van der Waals surface area contributed by atoms with Crippen molar-refractivity contribution >= 4 is 21.1 Å². The fourth-order valence-corrected chi connectivity index (χ4v) is 7.04. The molecule has 10 nitrogen and oxygen atoms in total. The third-order valence-electron chi connectivity index (χ3n) is 4.17. The molecule has 12 heteroatoms. The minimum atomic E-state index is -4.93. The van der Waals surface area contributed by atoms with E-state index in [0.717, 1.165) is 6.66 Å². The summed E-state index contributed by atoms with van der Waals surface area (Å²) in [7, 11) is -9.12. The van der Waals surface area contributed by atoms with Crippen molar-refractivity contribution in [3.8, 4) is 5.75 Å². The number of benzene rings is 1. The molecular formula is C16H17NO9P2. The number of carboxylic acid groups (broad SMARTS) is 1. The van der Waals surface area contributed by atoms with Gasteiger partial charge >= 0.3 is 13.8 Å². The highest BCUT2D eigenvalue weighted by atomic mass is 31.2. The molecule has 0 spiro atoms. The minimum Gasteiger partial charge on any atom is -0.449 e. The average molecular weight is 429 g/mol. The molecule has 2 heterocycles. The van der Waals surface area contributed by atoms with Gasteiger partial charge in [-0.25, -0.2) is 4.79 Å². The molecule has 1 aliphatic rings. The van der Waals surface area contributed by atoms with Crippen LogP contribution in [0.15, 0.2) is 48.8 Å². The van der Waals surface area contributed by atoms with Crippen LogP contribution in [-0.4, -0.2) is 38.0 Å². The summed E-state index contributed by atoms with van der Waals surface area (Å²) >= 11 is 0. The van der Waals surface area contributed by atoms with Crippen LogP contribution < -0.4 is 4.74 Å². The fraction of sp³-hybridized carbons (Fsp3) is 0.250. The van der Waals surface area contributed by atoms with Crippen molar-refractivity contribution in [3.05, 3.63) is 59.9 Å². The molecular weight excluding hydrogens is 412 g/mol. The van der Waals surface area contributed by atoms with Gasteiger partial charge in [0.2, 0.25) is 18.7 Å². The van der Waals surface area contributed by atoms with Gasteiger partial charge in [0.05, 0.1) is 5.56 Å². The average Bonchev–Trinajstić information content (AvgIpc) is 2.60. The van der Waals surface area contributed by atoms with Crippen LogP contribution in [0.2, 0.25) is 0 Å². The Hall–Kier alpha value is -2.06. The second-order valence-electron chi connectivity index (χ2n) is 6.13. The topological polar surface area (TPSA) is 152 Å². The van der Waals surface area contributed by atoms with E-state index in [9.17, 15) is 23.9 Å². The van der Waals surface area contributed by atoms with Gasteiger partial charge in [-0.15, -0.1) is 0 Å². The molecule has 1 saturated heterocycles. The van der Waals surface area contributed by atoms with Crippen LogP contribution in [0.5, 0.6) is 5.75 Å². The van der Waals surface area contributed by atoms with Crippen molar-refractivity contribution in [2.75, 3.05) is 6.66 Å². The molecule has 150 valence electrons. The third kappa shape index (κ3) is 3.75. The number of ether oxygens (including phenoxy) is 1. The van der Waals surface area contributed by atoms with E-state index >= 15 is 0 Å². The number of hydrogen-bond acceptors (Lipinski definition) is 8. The van der Waals surface area contributed by atoms with E-state index in [4.69, 9.17) is 14.2 Å². The first-order valence-electron chi connectivity index (χ1n) is 7.94. The van der Waals surface area contributed by atoms with E-state index in [2.05, 4.69) is 9.72 Å². The molecule has 4 unspecified atom stereocenters. The van der Waals surface area contributed by atoms with Crippen LogP contribution in [0.1, 0.15) is 17.4 Å². The van der Waals surface area contributed by atoms with Gasteiger partial charge in [-0.3, -0.25) is 23.2 Å². The molecule has 28 heavy (non-hydrogen) atoms. The Morgan fingerprint density at radius 3 is 2.57 bits per heavy atom. The largest absolute Gasteiger partial charge is 0.511 e. The highest BCUT2D eigenvalue weighted by Crippen LogP contribution is 2.79. The molecule has 2 aromatic rings. The number of aliphatic hydroxyl groups is 1. The third-order valence-corrected chi connectivity index (χ3v) is 9.61. The van der Waals surface area contributed by atoms with Crippen LogP contribution in [0.4, 0.5) is 4.79 Å². The Bertz CT molecular complexity index is 955. The first-order chi connectivity index (χ1) is 13.1. The molecule has 1 fully saturated rings. The Labute approximate surface area is 159 Å². The second-order valence-corrected chi connectivity index (χ2v) is 11.1. The lowest BCUT2D eigenvalue weighted by Crippen LogP contribution is -2.37. The predicted molar refractivity (Wildman–Crippen MR) is 96.3 cm³/mol.